The Kier molecular flexibility index (Phi) is 3.38. The van der Waals surface area contributed by atoms with E-state index in [1.165, 1.54) is 19.3 Å². The molecule has 2 heterocycles. The maximum atomic E-state index is 5.45. The van der Waals surface area contributed by atoms with Crippen molar-refractivity contribution in [2.45, 2.75) is 44.6 Å². The molecule has 0 saturated heterocycles. The van der Waals surface area contributed by atoms with Crippen LogP contribution in [-0.2, 0) is 0 Å². The van der Waals surface area contributed by atoms with Crippen LogP contribution in [0.4, 0.5) is 0 Å². The fourth-order valence-corrected chi connectivity index (χ4v) is 2.85. The van der Waals surface area contributed by atoms with Crippen LogP contribution in [0.2, 0.25) is 0 Å². The monoisotopic (exact) mass is 261 g/mol. The quantitative estimate of drug-likeness (QED) is 0.920. The van der Waals surface area contributed by atoms with Crippen molar-refractivity contribution in [2.75, 3.05) is 7.05 Å². The van der Waals surface area contributed by atoms with Crippen molar-refractivity contribution in [3.8, 4) is 11.6 Å². The second kappa shape index (κ2) is 5.17. The molecular weight excluding hydrogens is 242 g/mol. The fraction of sp³-hybridized carbons (Fsp3) is 0.571. The molecule has 1 N–H and O–H groups in total. The molecule has 5 heteroatoms. The lowest BCUT2D eigenvalue weighted by molar-refractivity contribution is 0.270. The van der Waals surface area contributed by atoms with Gasteiger partial charge in [-0.3, -0.25) is 0 Å². The van der Waals surface area contributed by atoms with E-state index < -0.39 is 0 Å². The van der Waals surface area contributed by atoms with E-state index in [4.69, 9.17) is 8.94 Å². The van der Waals surface area contributed by atoms with Crippen LogP contribution in [-0.4, -0.2) is 23.2 Å². The molecule has 2 aromatic rings. The van der Waals surface area contributed by atoms with Gasteiger partial charge in [-0.2, -0.15) is 4.98 Å². The molecule has 1 fully saturated rings. The van der Waals surface area contributed by atoms with Crippen LogP contribution in [0.25, 0.3) is 11.6 Å². The van der Waals surface area contributed by atoms with Crippen molar-refractivity contribution in [2.24, 2.45) is 0 Å². The van der Waals surface area contributed by atoms with Crippen molar-refractivity contribution >= 4 is 0 Å². The van der Waals surface area contributed by atoms with Crippen molar-refractivity contribution in [1.82, 2.24) is 15.5 Å². The standard InChI is InChI=1S/C14H19N3O2/c1-9-7-8-18-12(9)13-16-14(19-17-13)10-5-3-4-6-11(10)15-2/h7-8,10-11,15H,3-6H2,1-2H3. The molecule has 5 nitrogen and oxygen atoms in total. The Morgan fingerprint density at radius 2 is 2.16 bits per heavy atom. The third-order valence-corrected chi connectivity index (χ3v) is 3.96. The second-order valence-electron chi connectivity index (χ2n) is 5.18. The number of nitrogens with one attached hydrogen (secondary N) is 1. The van der Waals surface area contributed by atoms with Gasteiger partial charge in [-0.05, 0) is 38.4 Å². The van der Waals surface area contributed by atoms with Crippen LogP contribution < -0.4 is 5.32 Å². The molecule has 2 aromatic heterocycles. The zero-order chi connectivity index (χ0) is 13.2. The fourth-order valence-electron chi connectivity index (χ4n) is 2.85. The zero-order valence-electron chi connectivity index (χ0n) is 11.3. The van der Waals surface area contributed by atoms with Gasteiger partial charge in [0.25, 0.3) is 0 Å². The van der Waals surface area contributed by atoms with Crippen molar-refractivity contribution in [3.63, 3.8) is 0 Å². The zero-order valence-corrected chi connectivity index (χ0v) is 11.3. The largest absolute Gasteiger partial charge is 0.461 e. The van der Waals surface area contributed by atoms with Crippen LogP contribution >= 0.6 is 0 Å². The minimum absolute atomic E-state index is 0.315. The molecule has 2 atom stereocenters. The lowest BCUT2D eigenvalue weighted by Crippen LogP contribution is -2.34. The van der Waals surface area contributed by atoms with Crippen molar-refractivity contribution in [1.29, 1.82) is 0 Å². The Morgan fingerprint density at radius 3 is 2.89 bits per heavy atom. The summed E-state index contributed by atoms with van der Waals surface area (Å²) in [6.07, 6.45) is 6.40. The molecule has 1 aliphatic carbocycles. The van der Waals surface area contributed by atoms with E-state index in [1.54, 1.807) is 6.26 Å². The van der Waals surface area contributed by atoms with Crippen LogP contribution in [0.3, 0.4) is 0 Å². The van der Waals surface area contributed by atoms with Crippen LogP contribution in [0.1, 0.15) is 43.1 Å². The summed E-state index contributed by atoms with van der Waals surface area (Å²) in [5, 5.41) is 7.41. The molecule has 0 spiro atoms. The number of rotatable bonds is 3. The van der Waals surface area contributed by atoms with Crippen molar-refractivity contribution < 1.29 is 8.94 Å². The minimum Gasteiger partial charge on any atom is -0.461 e. The predicted molar refractivity (Wildman–Crippen MR) is 70.8 cm³/mol. The van der Waals surface area contributed by atoms with E-state index in [9.17, 15) is 0 Å². The van der Waals surface area contributed by atoms with Gasteiger partial charge in [0.2, 0.25) is 11.7 Å². The van der Waals surface area contributed by atoms with E-state index in [-0.39, 0.29) is 0 Å². The molecule has 0 aliphatic heterocycles. The number of hydrogen-bond donors (Lipinski definition) is 1. The molecule has 0 radical (unpaired) electrons. The maximum absolute atomic E-state index is 5.45. The highest BCUT2D eigenvalue weighted by Crippen LogP contribution is 2.33. The molecule has 19 heavy (non-hydrogen) atoms. The van der Waals surface area contributed by atoms with Gasteiger partial charge in [0.1, 0.15) is 0 Å². The number of furan rings is 1. The van der Waals surface area contributed by atoms with Crippen molar-refractivity contribution in [3.05, 3.63) is 23.8 Å². The molecule has 0 amide bonds. The molecule has 1 aliphatic rings. The van der Waals surface area contributed by atoms with Gasteiger partial charge in [0.15, 0.2) is 5.76 Å². The summed E-state index contributed by atoms with van der Waals surface area (Å²) in [6.45, 7) is 1.98. The number of aromatic nitrogens is 2. The summed E-state index contributed by atoms with van der Waals surface area (Å²) in [5.41, 5.74) is 1.03. The van der Waals surface area contributed by atoms with E-state index in [0.717, 1.165) is 17.9 Å². The third kappa shape index (κ3) is 2.30. The van der Waals surface area contributed by atoms with Gasteiger partial charge in [-0.1, -0.05) is 18.0 Å². The molecule has 2 unspecified atom stereocenters. The highest BCUT2D eigenvalue weighted by molar-refractivity contribution is 5.51. The van der Waals surface area contributed by atoms with E-state index in [0.29, 0.717) is 23.5 Å². The van der Waals surface area contributed by atoms with Gasteiger partial charge in [0.05, 0.1) is 12.2 Å². The smallest absolute Gasteiger partial charge is 0.238 e. The molecular formula is C14H19N3O2. The van der Waals surface area contributed by atoms with Gasteiger partial charge in [-0.25, -0.2) is 0 Å². The molecule has 0 bridgehead atoms. The first kappa shape index (κ1) is 12.4. The first-order valence-electron chi connectivity index (χ1n) is 6.85. The summed E-state index contributed by atoms with van der Waals surface area (Å²) in [4.78, 5) is 4.52. The van der Waals surface area contributed by atoms with E-state index in [1.807, 2.05) is 20.0 Å². The topological polar surface area (TPSA) is 64.1 Å². The summed E-state index contributed by atoms with van der Waals surface area (Å²) >= 11 is 0. The SMILES string of the molecule is CNC1CCCCC1c1nc(-c2occc2C)no1. The predicted octanol–water partition coefficient (Wildman–Crippen LogP) is 2.88. The van der Waals surface area contributed by atoms with Gasteiger partial charge >= 0.3 is 0 Å². The summed E-state index contributed by atoms with van der Waals surface area (Å²) < 4.78 is 10.9. The average molecular weight is 261 g/mol. The summed E-state index contributed by atoms with van der Waals surface area (Å²) in [6, 6.07) is 2.34. The van der Waals surface area contributed by atoms with E-state index in [2.05, 4.69) is 15.5 Å². The minimum atomic E-state index is 0.315. The Balaban J connectivity index is 1.86. The molecule has 3 rings (SSSR count). The lowest BCUT2D eigenvalue weighted by atomic mass is 9.84. The molecule has 0 aromatic carbocycles. The Morgan fingerprint density at radius 1 is 1.32 bits per heavy atom. The highest BCUT2D eigenvalue weighted by atomic mass is 16.5. The Hall–Kier alpha value is -1.62. The maximum Gasteiger partial charge on any atom is 0.238 e. The van der Waals surface area contributed by atoms with Crippen LogP contribution in [0.15, 0.2) is 21.3 Å². The first-order valence-corrected chi connectivity index (χ1v) is 6.85. The average Bonchev–Trinajstić information content (AvgIpc) is 3.07. The van der Waals surface area contributed by atoms with Crippen LogP contribution in [0.5, 0.6) is 0 Å². The number of hydrogen-bond acceptors (Lipinski definition) is 5. The number of likely N-dealkylation sites (N-methyl/N-ethyl adjacent to an activating group) is 1. The highest BCUT2D eigenvalue weighted by Gasteiger charge is 2.30. The van der Waals surface area contributed by atoms with Gasteiger partial charge < -0.3 is 14.3 Å². The summed E-state index contributed by atoms with van der Waals surface area (Å²) in [5.74, 6) is 2.30. The lowest BCUT2D eigenvalue weighted by Gasteiger charge is -2.28. The van der Waals surface area contributed by atoms with Gasteiger partial charge in [0, 0.05) is 6.04 Å². The number of aryl methyl sites for hydroxylation is 1. The Bertz CT molecular complexity index is 546. The van der Waals surface area contributed by atoms with Gasteiger partial charge in [-0.15, -0.1) is 0 Å². The number of nitrogens with zero attached hydrogens (tertiary/aromatic N) is 2. The summed E-state index contributed by atoms with van der Waals surface area (Å²) in [7, 11) is 2.00. The second-order valence-corrected chi connectivity index (χ2v) is 5.18. The van der Waals surface area contributed by atoms with Crippen LogP contribution in [0, 0.1) is 6.92 Å². The molecule has 102 valence electrons. The molecule has 1 saturated carbocycles. The normalized spacial score (nSPS) is 23.7. The first-order chi connectivity index (χ1) is 9.29. The van der Waals surface area contributed by atoms with E-state index >= 15 is 0 Å². The third-order valence-electron chi connectivity index (χ3n) is 3.96. The Labute approximate surface area is 112 Å².